The van der Waals surface area contributed by atoms with E-state index < -0.39 is 24.9 Å². The molecule has 0 aromatic rings. The lowest BCUT2D eigenvalue weighted by atomic mass is 10.0. The number of hydrogen-bond donors (Lipinski definition) is 3. The number of alkyl carbamates (subject to hydrolysis) is 1. The van der Waals surface area contributed by atoms with Crippen molar-refractivity contribution in [2.75, 3.05) is 32.1 Å². The quantitative estimate of drug-likeness (QED) is 0.0823. The Hall–Kier alpha value is -1.82. The van der Waals surface area contributed by atoms with E-state index in [0.717, 1.165) is 25.0 Å². The Morgan fingerprint density at radius 2 is 1.92 bits per heavy atom. The van der Waals surface area contributed by atoms with Crippen LogP contribution in [0.15, 0.2) is 0 Å². The van der Waals surface area contributed by atoms with Gasteiger partial charge in [-0.1, -0.05) is 6.42 Å². The number of urea groups is 1. The first kappa shape index (κ1) is 30.7. The lowest BCUT2D eigenvalue weighted by Crippen LogP contribution is -2.43. The van der Waals surface area contributed by atoms with Crippen LogP contribution < -0.4 is 16.0 Å². The fourth-order valence-electron chi connectivity index (χ4n) is 5.16. The second-order valence-electron chi connectivity index (χ2n) is 9.90. The van der Waals surface area contributed by atoms with Crippen molar-refractivity contribution in [1.29, 1.82) is 0 Å². The van der Waals surface area contributed by atoms with Gasteiger partial charge < -0.3 is 34.9 Å². The van der Waals surface area contributed by atoms with Crippen LogP contribution in [-0.2, 0) is 23.1 Å². The monoisotopic (exact) mass is 576 g/mol. The van der Waals surface area contributed by atoms with Crippen LogP contribution in [0.4, 0.5) is 9.59 Å². The first-order chi connectivity index (χ1) is 18.1. The van der Waals surface area contributed by atoms with Crippen molar-refractivity contribution >= 4 is 43.5 Å². The van der Waals surface area contributed by atoms with Crippen molar-refractivity contribution in [3.63, 3.8) is 0 Å². The molecule has 0 unspecified atom stereocenters. The Morgan fingerprint density at radius 1 is 1.21 bits per heavy atom. The highest BCUT2D eigenvalue weighted by molar-refractivity contribution is 8.00. The maximum absolute atomic E-state index is 13.4. The Morgan fingerprint density at radius 3 is 2.63 bits per heavy atom. The molecule has 3 aliphatic heterocycles. The highest BCUT2D eigenvalue weighted by atomic mass is 32.2. The van der Waals surface area contributed by atoms with Crippen LogP contribution in [-0.4, -0.2) is 83.6 Å². The van der Waals surface area contributed by atoms with E-state index in [-0.39, 0.29) is 56.7 Å². The number of hydroxylamine groups is 1. The maximum atomic E-state index is 13.4. The molecule has 0 saturated carbocycles. The maximum Gasteiger partial charge on any atom is 0.407 e. The summed E-state index contributed by atoms with van der Waals surface area (Å²) in [7, 11) is -3.80. The van der Waals surface area contributed by atoms with Crippen LogP contribution in [0.5, 0.6) is 0 Å². The van der Waals surface area contributed by atoms with Crippen LogP contribution >= 0.6 is 19.4 Å². The summed E-state index contributed by atoms with van der Waals surface area (Å²) in [6.45, 7) is 5.26. The van der Waals surface area contributed by atoms with E-state index in [1.54, 1.807) is 13.8 Å². The molecule has 3 amide bonds. The number of thioether (sulfide) groups is 1. The van der Waals surface area contributed by atoms with Gasteiger partial charge in [-0.3, -0.25) is 9.36 Å². The number of amides is 3. The van der Waals surface area contributed by atoms with E-state index in [1.165, 1.54) is 13.1 Å². The number of hydrogen-bond acceptors (Lipinski definition) is 9. The zero-order chi connectivity index (χ0) is 27.8. The Bertz CT molecular complexity index is 927. The van der Waals surface area contributed by atoms with Crippen molar-refractivity contribution in [1.82, 2.24) is 16.0 Å². The predicted octanol–water partition coefficient (Wildman–Crippen LogP) is 3.37. The molecule has 3 rings (SSSR count). The normalized spacial score (nSPS) is 28.4. The molecule has 0 bridgehead atoms. The fourth-order valence-corrected chi connectivity index (χ4v) is 8.93. The topological polar surface area (TPSA) is 158 Å². The predicted molar refractivity (Wildman–Crippen MR) is 145 cm³/mol. The van der Waals surface area contributed by atoms with E-state index >= 15 is 0 Å². The van der Waals surface area contributed by atoms with Crippen LogP contribution in [0.2, 0.25) is 0 Å². The van der Waals surface area contributed by atoms with Gasteiger partial charge in [-0.05, 0) is 33.1 Å². The minimum absolute atomic E-state index is 0.0865. The molecule has 3 aliphatic rings. The zero-order valence-corrected chi connectivity index (χ0v) is 24.2. The molecule has 14 heteroatoms. The average molecular weight is 577 g/mol. The van der Waals surface area contributed by atoms with Crippen LogP contribution in [0.3, 0.4) is 0 Å². The second kappa shape index (κ2) is 14.0. The summed E-state index contributed by atoms with van der Waals surface area (Å²) in [4.78, 5) is 35.9. The molecular weight excluding hydrogens is 535 g/mol. The van der Waals surface area contributed by atoms with Crippen LogP contribution in [0, 0.1) is 11.1 Å². The molecule has 216 valence electrons. The Kier molecular flexibility index (Phi) is 11.3. The van der Waals surface area contributed by atoms with Crippen LogP contribution in [0.1, 0.15) is 65.7 Å². The molecule has 0 aliphatic carbocycles. The number of nitrogens with zero attached hydrogens (tertiary/aromatic N) is 1. The van der Waals surface area contributed by atoms with E-state index in [4.69, 9.17) is 13.8 Å². The number of nitrogens with one attached hydrogen (secondary N) is 3. The summed E-state index contributed by atoms with van der Waals surface area (Å²) in [5.41, 5.74) is 0. The highest BCUT2D eigenvalue weighted by Crippen LogP contribution is 2.64. The molecule has 38 heavy (non-hydrogen) atoms. The molecule has 0 aromatic carbocycles. The smallest absolute Gasteiger partial charge is 0.407 e. The van der Waals surface area contributed by atoms with E-state index in [9.17, 15) is 24.2 Å². The molecular formula is C24H41N4O8PS. The number of unbranched alkanes of at least 4 members (excludes halogenated alkanes) is 1. The number of carbonyl (C=O) groups excluding carboxylic acids is 3. The largest absolute Gasteiger partial charge is 0.623 e. The third-order valence-corrected chi connectivity index (χ3v) is 11.8. The van der Waals surface area contributed by atoms with Gasteiger partial charge in [-0.2, -0.15) is 16.5 Å². The highest BCUT2D eigenvalue weighted by Gasteiger charge is 2.63. The lowest BCUT2D eigenvalue weighted by molar-refractivity contribution is -0.515. The van der Waals surface area contributed by atoms with Gasteiger partial charge in [-0.25, -0.2) is 9.59 Å². The standard InChI is InChI=1S/C24H41N4O8PS/c1-4-35-37(33,36-5-2)24(3)17(12-14-28(24)32)15-34-23(31)25-13-8-10-18(29)9-6-7-11-20-21-19(16-38-20)26-22(30)27-21/h14,17,19-21H,4-13,15-16H2,1-3H3,(H,25,31)(H2,26,27,30)/t17-,19+,20+,21+,24+/m1/s1. The molecule has 0 aromatic heterocycles. The molecule has 5 atom stereocenters. The summed E-state index contributed by atoms with van der Waals surface area (Å²) in [5.74, 6) is 0.522. The van der Waals surface area contributed by atoms with Crippen molar-refractivity contribution in [2.24, 2.45) is 5.92 Å². The van der Waals surface area contributed by atoms with Gasteiger partial charge >= 0.3 is 19.7 Å². The van der Waals surface area contributed by atoms with Gasteiger partial charge in [-0.15, -0.1) is 0 Å². The number of Topliss-reactive ketones (excluding diaryl/α,β-unsaturated/α-hetero) is 1. The second-order valence-corrected chi connectivity index (χ2v) is 13.6. The van der Waals surface area contributed by atoms with Gasteiger partial charge in [0.25, 0.3) is 5.28 Å². The lowest BCUT2D eigenvalue weighted by Gasteiger charge is -2.34. The molecule has 2 saturated heterocycles. The van der Waals surface area contributed by atoms with E-state index in [1.807, 2.05) is 11.8 Å². The Labute approximate surface area is 228 Å². The minimum atomic E-state index is -3.80. The van der Waals surface area contributed by atoms with Gasteiger partial charge in [0, 0.05) is 43.7 Å². The first-order valence-corrected chi connectivity index (χ1v) is 16.0. The summed E-state index contributed by atoms with van der Waals surface area (Å²) >= 11 is 1.87. The summed E-state index contributed by atoms with van der Waals surface area (Å²) in [6, 6.07) is 0.317. The number of fused-ring (bicyclic) bond motifs is 1. The van der Waals surface area contributed by atoms with Gasteiger partial charge in [0.15, 0.2) is 6.21 Å². The van der Waals surface area contributed by atoms with Crippen molar-refractivity contribution in [2.45, 2.75) is 88.3 Å². The van der Waals surface area contributed by atoms with E-state index in [0.29, 0.717) is 29.3 Å². The Balaban J connectivity index is 1.29. The zero-order valence-electron chi connectivity index (χ0n) is 22.4. The molecule has 3 heterocycles. The van der Waals surface area contributed by atoms with Crippen molar-refractivity contribution in [3.8, 4) is 0 Å². The fraction of sp³-hybridized carbons (Fsp3) is 0.833. The van der Waals surface area contributed by atoms with E-state index in [2.05, 4.69) is 16.0 Å². The molecule has 3 N–H and O–H groups in total. The number of rotatable bonds is 16. The summed E-state index contributed by atoms with van der Waals surface area (Å²) < 4.78 is 30.1. The summed E-state index contributed by atoms with van der Waals surface area (Å²) in [5, 5.41) is 20.0. The number of ether oxygens (including phenoxy) is 1. The van der Waals surface area contributed by atoms with Gasteiger partial charge in [0.1, 0.15) is 12.4 Å². The molecule has 12 nitrogen and oxygen atoms in total. The average Bonchev–Trinajstić information content (AvgIpc) is 3.52. The SMILES string of the molecule is CCOP(=O)(OCC)[C@@]1(C)[C@@H](COC(=O)NCCCC(=O)CCCC[C@@H]2SC[C@@H]3NC(=O)N[C@@H]32)CC=[N+]1[O-]. The van der Waals surface area contributed by atoms with Gasteiger partial charge in [0.05, 0.1) is 31.2 Å². The van der Waals surface area contributed by atoms with Crippen LogP contribution in [0.25, 0.3) is 0 Å². The van der Waals surface area contributed by atoms with Gasteiger partial charge in [0.2, 0.25) is 0 Å². The number of carbonyl (C=O) groups is 3. The molecule has 0 radical (unpaired) electrons. The summed E-state index contributed by atoms with van der Waals surface area (Å²) in [6.07, 6.45) is 5.08. The first-order valence-electron chi connectivity index (χ1n) is 13.4. The number of ketones is 1. The van der Waals surface area contributed by atoms with Crippen molar-refractivity contribution in [3.05, 3.63) is 5.21 Å². The third kappa shape index (κ3) is 7.22. The van der Waals surface area contributed by atoms with Crippen molar-refractivity contribution < 1.29 is 37.5 Å². The molecule has 2 fully saturated rings. The third-order valence-electron chi connectivity index (χ3n) is 7.38. The minimum Gasteiger partial charge on any atom is -0.623 e. The molecule has 0 spiro atoms.